The number of rotatable bonds is 6. The van der Waals surface area contributed by atoms with E-state index < -0.39 is 13.7 Å². The Kier molecular flexibility index (Phi) is 5.09. The summed E-state index contributed by atoms with van der Waals surface area (Å²) in [5.74, 6) is 0. The van der Waals surface area contributed by atoms with Crippen molar-refractivity contribution in [3.05, 3.63) is 0 Å². The summed E-state index contributed by atoms with van der Waals surface area (Å²) in [7, 11) is -1.65. The van der Waals surface area contributed by atoms with Crippen LogP contribution in [0.4, 0.5) is 0 Å². The minimum absolute atomic E-state index is 0.215. The first-order valence-corrected chi connectivity index (χ1v) is 7.76. The van der Waals surface area contributed by atoms with E-state index >= 15 is 0 Å². The zero-order valence-electron chi connectivity index (χ0n) is 8.58. The predicted molar refractivity (Wildman–Crippen MR) is 53.0 cm³/mol. The van der Waals surface area contributed by atoms with Crippen molar-refractivity contribution in [2.45, 2.75) is 19.6 Å². The van der Waals surface area contributed by atoms with E-state index in [1.807, 2.05) is 19.6 Å². The third-order valence-electron chi connectivity index (χ3n) is 1.82. The summed E-state index contributed by atoms with van der Waals surface area (Å²) < 4.78 is 5.53. The Morgan fingerprint density at radius 1 is 1.00 bits per heavy atom. The van der Waals surface area contributed by atoms with E-state index in [1.165, 1.54) is 0 Å². The summed E-state index contributed by atoms with van der Waals surface area (Å²) in [6.07, 6.45) is 0. The Balaban J connectivity index is 4.11. The maximum absolute atomic E-state index is 8.99. The summed E-state index contributed by atoms with van der Waals surface area (Å²) >= 11 is 0. The Hall–Kier alpha value is 0.0569. The van der Waals surface area contributed by atoms with Crippen molar-refractivity contribution in [3.63, 3.8) is 0 Å². The van der Waals surface area contributed by atoms with Crippen LogP contribution >= 0.6 is 0 Å². The smallest absolute Gasteiger partial charge is 0.183 e. The molecular weight excluding hydrogens is 188 g/mol. The minimum atomic E-state index is -1.65. The summed E-state index contributed by atoms with van der Waals surface area (Å²) in [5.41, 5.74) is -0.889. The van der Waals surface area contributed by atoms with Crippen molar-refractivity contribution < 1.29 is 19.7 Å². The van der Waals surface area contributed by atoms with Crippen LogP contribution in [0.3, 0.4) is 0 Å². The topological polar surface area (TPSA) is 69.9 Å². The lowest BCUT2D eigenvalue weighted by molar-refractivity contribution is -0.0278. The highest BCUT2D eigenvalue weighted by atomic mass is 28.4. The molecule has 3 N–H and O–H groups in total. The summed E-state index contributed by atoms with van der Waals surface area (Å²) in [4.78, 5) is 0. The maximum Gasteiger partial charge on any atom is 0.183 e. The van der Waals surface area contributed by atoms with Gasteiger partial charge in [-0.25, -0.2) is 0 Å². The molecule has 0 amide bonds. The molecule has 13 heavy (non-hydrogen) atoms. The van der Waals surface area contributed by atoms with E-state index in [9.17, 15) is 0 Å². The SMILES string of the molecule is C[Si](C)(C)OCC(CO)(CO)CO. The number of aliphatic hydroxyl groups is 3. The Labute approximate surface area is 80.3 Å². The third kappa shape index (κ3) is 4.73. The van der Waals surface area contributed by atoms with Crippen LogP contribution in [0.2, 0.25) is 19.6 Å². The molecule has 0 aliphatic rings. The number of aliphatic hydroxyl groups excluding tert-OH is 3. The van der Waals surface area contributed by atoms with Crippen LogP contribution in [-0.2, 0) is 4.43 Å². The van der Waals surface area contributed by atoms with Gasteiger partial charge in [0.15, 0.2) is 8.32 Å². The quantitative estimate of drug-likeness (QED) is 0.529. The molecule has 0 aliphatic heterocycles. The van der Waals surface area contributed by atoms with Crippen molar-refractivity contribution in [3.8, 4) is 0 Å². The summed E-state index contributed by atoms with van der Waals surface area (Å²) in [6.45, 7) is 5.49. The molecule has 5 heteroatoms. The van der Waals surface area contributed by atoms with Crippen molar-refractivity contribution in [2.24, 2.45) is 5.41 Å². The first-order chi connectivity index (χ1) is 5.89. The Bertz CT molecular complexity index is 131. The van der Waals surface area contributed by atoms with Crippen LogP contribution in [0.25, 0.3) is 0 Å². The highest BCUT2D eigenvalue weighted by Crippen LogP contribution is 2.17. The van der Waals surface area contributed by atoms with Gasteiger partial charge in [0.2, 0.25) is 0 Å². The van der Waals surface area contributed by atoms with Crippen LogP contribution in [0.1, 0.15) is 0 Å². The highest BCUT2D eigenvalue weighted by Gasteiger charge is 2.30. The summed E-state index contributed by atoms with van der Waals surface area (Å²) in [5, 5.41) is 27.0. The average Bonchev–Trinajstić information content (AvgIpc) is 2.06. The van der Waals surface area contributed by atoms with E-state index in [0.717, 1.165) is 0 Å². The van der Waals surface area contributed by atoms with Gasteiger partial charge >= 0.3 is 0 Å². The predicted octanol–water partition coefficient (Wildman–Crippen LogP) is -0.199. The second-order valence-electron chi connectivity index (χ2n) is 4.38. The molecule has 0 saturated carbocycles. The fourth-order valence-electron chi connectivity index (χ4n) is 0.657. The van der Waals surface area contributed by atoms with Gasteiger partial charge in [-0.2, -0.15) is 0 Å². The van der Waals surface area contributed by atoms with Gasteiger partial charge in [0.1, 0.15) is 0 Å². The zero-order valence-corrected chi connectivity index (χ0v) is 9.58. The van der Waals surface area contributed by atoms with Gasteiger partial charge in [-0.05, 0) is 19.6 Å². The van der Waals surface area contributed by atoms with Gasteiger partial charge < -0.3 is 19.7 Å². The normalized spacial score (nSPS) is 13.4. The van der Waals surface area contributed by atoms with Gasteiger partial charge in [0.25, 0.3) is 0 Å². The molecule has 0 spiro atoms. The second-order valence-corrected chi connectivity index (χ2v) is 8.89. The van der Waals surface area contributed by atoms with E-state index in [-0.39, 0.29) is 26.4 Å². The van der Waals surface area contributed by atoms with Crippen LogP contribution in [0.15, 0.2) is 0 Å². The van der Waals surface area contributed by atoms with E-state index in [2.05, 4.69) is 0 Å². The lowest BCUT2D eigenvalue weighted by Gasteiger charge is -2.30. The zero-order chi connectivity index (χ0) is 10.5. The number of hydrogen-bond acceptors (Lipinski definition) is 4. The first kappa shape index (κ1) is 13.1. The van der Waals surface area contributed by atoms with Crippen molar-refractivity contribution in [2.75, 3.05) is 26.4 Å². The van der Waals surface area contributed by atoms with E-state index in [1.54, 1.807) is 0 Å². The van der Waals surface area contributed by atoms with Gasteiger partial charge in [0, 0.05) is 6.61 Å². The first-order valence-electron chi connectivity index (χ1n) is 4.36. The Morgan fingerprint density at radius 3 is 1.62 bits per heavy atom. The van der Waals surface area contributed by atoms with Gasteiger partial charge in [-0.1, -0.05) is 0 Å². The van der Waals surface area contributed by atoms with E-state index in [0.29, 0.717) is 0 Å². The summed E-state index contributed by atoms with van der Waals surface area (Å²) in [6, 6.07) is 0. The van der Waals surface area contributed by atoms with Gasteiger partial charge in [-0.15, -0.1) is 0 Å². The maximum atomic E-state index is 8.99. The molecular formula is C8H20O4Si. The molecule has 0 aromatic rings. The van der Waals surface area contributed by atoms with Gasteiger partial charge in [-0.3, -0.25) is 0 Å². The molecule has 0 heterocycles. The van der Waals surface area contributed by atoms with Crippen molar-refractivity contribution >= 4 is 8.32 Å². The Morgan fingerprint density at radius 2 is 1.38 bits per heavy atom. The molecule has 0 atom stereocenters. The van der Waals surface area contributed by atoms with Crippen LogP contribution in [0, 0.1) is 5.41 Å². The molecule has 4 nitrogen and oxygen atoms in total. The fraction of sp³-hybridized carbons (Fsp3) is 1.00. The molecule has 0 saturated heterocycles. The average molecular weight is 208 g/mol. The lowest BCUT2D eigenvalue weighted by atomic mass is 9.93. The van der Waals surface area contributed by atoms with Crippen molar-refractivity contribution in [1.29, 1.82) is 0 Å². The standard InChI is InChI=1S/C8H20O4Si/c1-13(2,3)12-7-8(4-9,5-10)6-11/h9-11H,4-7H2,1-3H3. The largest absolute Gasteiger partial charge is 0.417 e. The molecule has 0 aromatic heterocycles. The molecule has 80 valence electrons. The van der Waals surface area contributed by atoms with Crippen LogP contribution in [0.5, 0.6) is 0 Å². The molecule has 0 rings (SSSR count). The second kappa shape index (κ2) is 5.07. The molecule has 0 aromatic carbocycles. The molecule has 0 unspecified atom stereocenters. The number of hydrogen-bond donors (Lipinski definition) is 3. The monoisotopic (exact) mass is 208 g/mol. The minimum Gasteiger partial charge on any atom is -0.417 e. The highest BCUT2D eigenvalue weighted by molar-refractivity contribution is 6.69. The fourth-order valence-corrected chi connectivity index (χ4v) is 1.40. The van der Waals surface area contributed by atoms with Crippen LogP contribution < -0.4 is 0 Å². The molecule has 0 fully saturated rings. The van der Waals surface area contributed by atoms with Crippen LogP contribution in [-0.4, -0.2) is 50.1 Å². The molecule has 0 radical (unpaired) electrons. The third-order valence-corrected chi connectivity index (χ3v) is 2.83. The molecule has 0 bridgehead atoms. The van der Waals surface area contributed by atoms with Gasteiger partial charge in [0.05, 0.1) is 25.2 Å². The lowest BCUT2D eigenvalue weighted by Crippen LogP contribution is -2.42. The van der Waals surface area contributed by atoms with Crippen molar-refractivity contribution in [1.82, 2.24) is 0 Å². The van der Waals surface area contributed by atoms with E-state index in [4.69, 9.17) is 19.7 Å². The molecule has 0 aliphatic carbocycles.